The molecule has 2 heterocycles. The molecule has 0 aliphatic heterocycles. The zero-order valence-electron chi connectivity index (χ0n) is 11.2. The largest absolute Gasteiger partial charge is 0.332 e. The first-order valence-electron chi connectivity index (χ1n) is 6.01. The van der Waals surface area contributed by atoms with Crippen LogP contribution < -0.4 is 22.3 Å². The topological polar surface area (TPSA) is 112 Å². The summed E-state index contributed by atoms with van der Waals surface area (Å²) in [6, 6.07) is 1.50. The first kappa shape index (κ1) is 13.9. The van der Waals surface area contributed by atoms with E-state index in [1.165, 1.54) is 30.9 Å². The molecule has 0 aliphatic carbocycles. The molecule has 8 heteroatoms. The maximum absolute atomic E-state index is 12.0. The van der Waals surface area contributed by atoms with Crippen LogP contribution in [0.4, 0.5) is 5.69 Å². The summed E-state index contributed by atoms with van der Waals surface area (Å²) in [5.41, 5.74) is 5.05. The zero-order chi connectivity index (χ0) is 14.9. The normalized spacial score (nSPS) is 10.8. The van der Waals surface area contributed by atoms with Gasteiger partial charge in [0.05, 0.1) is 17.3 Å². The molecule has 2 aromatic rings. The number of pyridine rings is 1. The molecule has 0 saturated carbocycles. The van der Waals surface area contributed by atoms with Gasteiger partial charge in [0.15, 0.2) is 0 Å². The monoisotopic (exact) mass is 277 g/mol. The highest BCUT2D eigenvalue weighted by Gasteiger charge is 2.11. The van der Waals surface area contributed by atoms with Crippen LogP contribution in [0.1, 0.15) is 6.42 Å². The van der Waals surface area contributed by atoms with Crippen LogP contribution in [-0.4, -0.2) is 26.6 Å². The van der Waals surface area contributed by atoms with Gasteiger partial charge in [0.25, 0.3) is 5.56 Å². The number of carbonyl (C=O) groups excluding carboxylic acids is 1. The van der Waals surface area contributed by atoms with Gasteiger partial charge in [-0.25, -0.2) is 9.78 Å². The lowest BCUT2D eigenvalue weighted by molar-refractivity contribution is -0.116. The predicted molar refractivity (Wildman–Crippen MR) is 74.5 cm³/mol. The number of rotatable bonds is 3. The third-order valence-corrected chi connectivity index (χ3v) is 2.95. The zero-order valence-corrected chi connectivity index (χ0v) is 11.2. The minimum atomic E-state index is -0.453. The quantitative estimate of drug-likeness (QED) is 0.741. The summed E-state index contributed by atoms with van der Waals surface area (Å²) in [4.78, 5) is 39.3. The smallest absolute Gasteiger partial charge is 0.330 e. The highest BCUT2D eigenvalue weighted by Crippen LogP contribution is 2.11. The van der Waals surface area contributed by atoms with Crippen molar-refractivity contribution < 1.29 is 4.79 Å². The summed E-state index contributed by atoms with van der Waals surface area (Å²) in [5.74, 6) is -0.254. The van der Waals surface area contributed by atoms with Crippen molar-refractivity contribution in [3.8, 4) is 0 Å². The van der Waals surface area contributed by atoms with Gasteiger partial charge in [-0.3, -0.25) is 18.7 Å². The fourth-order valence-electron chi connectivity index (χ4n) is 1.89. The number of nitrogens with one attached hydrogen (secondary N) is 1. The number of fused-ring (bicyclic) bond motifs is 1. The van der Waals surface area contributed by atoms with E-state index in [2.05, 4.69) is 10.3 Å². The molecule has 0 atom stereocenters. The Bertz CT molecular complexity index is 790. The number of hydrogen-bond acceptors (Lipinski definition) is 5. The molecular weight excluding hydrogens is 262 g/mol. The fraction of sp³-hybridized carbons (Fsp3) is 0.333. The summed E-state index contributed by atoms with van der Waals surface area (Å²) >= 11 is 0. The first-order chi connectivity index (χ1) is 9.45. The molecule has 0 fully saturated rings. The molecule has 0 bridgehead atoms. The molecule has 106 valence electrons. The molecule has 2 aromatic heterocycles. The Morgan fingerprint density at radius 1 is 1.35 bits per heavy atom. The lowest BCUT2D eigenvalue weighted by Gasteiger charge is -2.08. The van der Waals surface area contributed by atoms with Gasteiger partial charge in [0, 0.05) is 27.1 Å². The highest BCUT2D eigenvalue weighted by atomic mass is 16.2. The number of anilines is 1. The Morgan fingerprint density at radius 2 is 2.05 bits per heavy atom. The van der Waals surface area contributed by atoms with Crippen LogP contribution in [0.25, 0.3) is 11.0 Å². The minimum Gasteiger partial charge on any atom is -0.330 e. The maximum atomic E-state index is 12.0. The van der Waals surface area contributed by atoms with Gasteiger partial charge in [-0.15, -0.1) is 0 Å². The average Bonchev–Trinajstić information content (AvgIpc) is 2.43. The van der Waals surface area contributed by atoms with Crippen LogP contribution in [0.3, 0.4) is 0 Å². The van der Waals surface area contributed by atoms with E-state index in [4.69, 9.17) is 5.73 Å². The molecule has 0 spiro atoms. The molecule has 1 amide bonds. The molecule has 0 unspecified atom stereocenters. The van der Waals surface area contributed by atoms with Crippen molar-refractivity contribution in [2.24, 2.45) is 19.8 Å². The van der Waals surface area contributed by atoms with E-state index >= 15 is 0 Å². The molecule has 8 nitrogen and oxygen atoms in total. The van der Waals surface area contributed by atoms with Gasteiger partial charge in [0.2, 0.25) is 5.91 Å². The van der Waals surface area contributed by atoms with Crippen molar-refractivity contribution in [1.29, 1.82) is 0 Å². The Hall–Kier alpha value is -2.48. The van der Waals surface area contributed by atoms with E-state index in [0.29, 0.717) is 5.69 Å². The first-order valence-corrected chi connectivity index (χ1v) is 6.01. The van der Waals surface area contributed by atoms with E-state index in [-0.39, 0.29) is 29.9 Å². The summed E-state index contributed by atoms with van der Waals surface area (Å²) in [7, 11) is 2.92. The molecule has 2 rings (SSSR count). The molecule has 20 heavy (non-hydrogen) atoms. The second-order valence-corrected chi connectivity index (χ2v) is 4.39. The van der Waals surface area contributed by atoms with Crippen molar-refractivity contribution >= 4 is 22.6 Å². The number of amides is 1. The van der Waals surface area contributed by atoms with Crippen LogP contribution in [0, 0.1) is 0 Å². The fourth-order valence-corrected chi connectivity index (χ4v) is 1.89. The molecule has 0 radical (unpaired) electrons. The van der Waals surface area contributed by atoms with E-state index in [9.17, 15) is 14.4 Å². The van der Waals surface area contributed by atoms with Crippen molar-refractivity contribution in [3.63, 3.8) is 0 Å². The molecule has 0 saturated heterocycles. The Morgan fingerprint density at radius 3 is 2.70 bits per heavy atom. The third kappa shape index (κ3) is 2.32. The minimum absolute atomic E-state index is 0.184. The lowest BCUT2D eigenvalue weighted by atomic mass is 10.3. The third-order valence-electron chi connectivity index (χ3n) is 2.95. The number of hydrogen-bond donors (Lipinski definition) is 2. The second kappa shape index (κ2) is 5.25. The van der Waals surface area contributed by atoms with Crippen molar-refractivity contribution in [3.05, 3.63) is 33.1 Å². The van der Waals surface area contributed by atoms with Crippen LogP contribution in [-0.2, 0) is 18.9 Å². The van der Waals surface area contributed by atoms with Crippen molar-refractivity contribution in [2.75, 3.05) is 11.9 Å². The number of carbonyl (C=O) groups is 1. The summed E-state index contributed by atoms with van der Waals surface area (Å²) in [6.07, 6.45) is 1.58. The van der Waals surface area contributed by atoms with E-state index in [0.717, 1.165) is 4.57 Å². The van der Waals surface area contributed by atoms with Crippen LogP contribution >= 0.6 is 0 Å². The van der Waals surface area contributed by atoms with Crippen LogP contribution in [0.5, 0.6) is 0 Å². The lowest BCUT2D eigenvalue weighted by Crippen LogP contribution is -2.37. The van der Waals surface area contributed by atoms with E-state index in [1.54, 1.807) is 0 Å². The Kier molecular flexibility index (Phi) is 3.66. The molecule has 3 N–H and O–H groups in total. The predicted octanol–water partition coefficient (Wildman–Crippen LogP) is -1.08. The van der Waals surface area contributed by atoms with E-state index < -0.39 is 11.2 Å². The summed E-state index contributed by atoms with van der Waals surface area (Å²) in [5, 5.41) is 2.86. The second-order valence-electron chi connectivity index (χ2n) is 4.39. The number of nitrogens with two attached hydrogens (primary N) is 1. The van der Waals surface area contributed by atoms with E-state index in [1.807, 2.05) is 0 Å². The van der Waals surface area contributed by atoms with Gasteiger partial charge in [-0.1, -0.05) is 0 Å². The summed E-state index contributed by atoms with van der Waals surface area (Å²) < 4.78 is 2.28. The van der Waals surface area contributed by atoms with Gasteiger partial charge in [0.1, 0.15) is 5.65 Å². The summed E-state index contributed by atoms with van der Waals surface area (Å²) in [6.45, 7) is 0.239. The van der Waals surface area contributed by atoms with Crippen molar-refractivity contribution in [1.82, 2.24) is 14.1 Å². The number of aromatic nitrogens is 3. The van der Waals surface area contributed by atoms with Crippen LogP contribution in [0.15, 0.2) is 21.9 Å². The van der Waals surface area contributed by atoms with Crippen molar-refractivity contribution in [2.45, 2.75) is 6.42 Å². The Labute approximate surface area is 113 Å². The Balaban J connectivity index is 2.58. The van der Waals surface area contributed by atoms with Gasteiger partial charge in [-0.2, -0.15) is 0 Å². The maximum Gasteiger partial charge on any atom is 0.332 e. The van der Waals surface area contributed by atoms with Crippen LogP contribution in [0.2, 0.25) is 0 Å². The molecule has 0 aromatic carbocycles. The van der Waals surface area contributed by atoms with Gasteiger partial charge < -0.3 is 11.1 Å². The molecular formula is C12H15N5O3. The average molecular weight is 277 g/mol. The number of aryl methyl sites for hydroxylation is 1. The number of nitrogens with zero attached hydrogens (tertiary/aromatic N) is 3. The highest BCUT2D eigenvalue weighted by molar-refractivity contribution is 5.92. The molecule has 0 aliphatic rings. The SMILES string of the molecule is Cn1c(=O)c2cc(NC(=O)CCN)cnc2n(C)c1=O. The van der Waals surface area contributed by atoms with Gasteiger partial charge >= 0.3 is 5.69 Å². The van der Waals surface area contributed by atoms with Gasteiger partial charge in [-0.05, 0) is 6.07 Å². The standard InChI is InChI=1S/C12H15N5O3/c1-16-10-8(11(19)17(2)12(16)20)5-7(6-14-10)15-9(18)3-4-13/h5-6H,3-4,13H2,1-2H3,(H,15,18).